The summed E-state index contributed by atoms with van der Waals surface area (Å²) < 4.78 is 12.0. The average molecular weight is 367 g/mol. The Balaban J connectivity index is 2.11. The van der Waals surface area contributed by atoms with Gasteiger partial charge in [-0.3, -0.25) is 9.67 Å². The van der Waals surface area contributed by atoms with Crippen LogP contribution < -0.4 is 16.2 Å². The Morgan fingerprint density at radius 1 is 1.19 bits per heavy atom. The number of rotatable bonds is 6. The fourth-order valence-corrected chi connectivity index (χ4v) is 2.80. The lowest BCUT2D eigenvalue weighted by atomic mass is 10.1. The monoisotopic (exact) mass is 367 g/mol. The predicted molar refractivity (Wildman–Crippen MR) is 102 cm³/mol. The Kier molecular flexibility index (Phi) is 5.25. The quantitative estimate of drug-likeness (QED) is 0.642. The molecular formula is C19H21N5O3. The summed E-state index contributed by atoms with van der Waals surface area (Å²) in [7, 11) is 1.61. The normalized spacial score (nSPS) is 10.6. The van der Waals surface area contributed by atoms with E-state index >= 15 is 0 Å². The van der Waals surface area contributed by atoms with Crippen molar-refractivity contribution in [1.29, 1.82) is 0 Å². The van der Waals surface area contributed by atoms with E-state index in [1.807, 2.05) is 24.3 Å². The van der Waals surface area contributed by atoms with Gasteiger partial charge in [-0.05, 0) is 30.7 Å². The zero-order chi connectivity index (χ0) is 19.4. The number of nitrogen functional groups attached to an aromatic ring is 2. The van der Waals surface area contributed by atoms with E-state index in [4.69, 9.17) is 20.9 Å². The third-order valence-corrected chi connectivity index (χ3v) is 4.06. The average Bonchev–Trinajstić information content (AvgIpc) is 2.98. The maximum atomic E-state index is 12.5. The van der Waals surface area contributed by atoms with Crippen LogP contribution in [-0.4, -0.2) is 34.5 Å². The molecule has 8 heteroatoms. The molecule has 0 atom stereocenters. The fourth-order valence-electron chi connectivity index (χ4n) is 2.80. The van der Waals surface area contributed by atoms with Crippen LogP contribution in [0.4, 0.5) is 11.5 Å². The molecule has 0 aliphatic heterocycles. The number of anilines is 2. The molecule has 1 aromatic carbocycles. The number of carbonyl (C=O) groups excluding carboxylic acids is 1. The number of pyridine rings is 1. The highest BCUT2D eigenvalue weighted by molar-refractivity contribution is 6.02. The van der Waals surface area contributed by atoms with Gasteiger partial charge in [-0.1, -0.05) is 12.1 Å². The highest BCUT2D eigenvalue weighted by Crippen LogP contribution is 2.32. The first-order chi connectivity index (χ1) is 13.0. The van der Waals surface area contributed by atoms with Crippen molar-refractivity contribution in [3.8, 4) is 17.0 Å². The van der Waals surface area contributed by atoms with E-state index in [9.17, 15) is 4.79 Å². The van der Waals surface area contributed by atoms with Crippen LogP contribution in [0, 0.1) is 0 Å². The van der Waals surface area contributed by atoms with E-state index in [0.29, 0.717) is 23.5 Å². The van der Waals surface area contributed by atoms with Gasteiger partial charge in [0.05, 0.1) is 37.8 Å². The summed E-state index contributed by atoms with van der Waals surface area (Å²) in [6.45, 7) is 2.36. The van der Waals surface area contributed by atoms with Crippen molar-refractivity contribution in [2.75, 3.05) is 25.2 Å². The number of ether oxygens (including phenoxy) is 2. The van der Waals surface area contributed by atoms with Crippen molar-refractivity contribution in [2.24, 2.45) is 0 Å². The molecule has 27 heavy (non-hydrogen) atoms. The van der Waals surface area contributed by atoms with Gasteiger partial charge < -0.3 is 20.9 Å². The molecule has 0 unspecified atom stereocenters. The minimum atomic E-state index is -0.540. The maximum absolute atomic E-state index is 12.5. The second kappa shape index (κ2) is 7.77. The number of nitrogens with two attached hydrogens (primary N) is 2. The molecule has 140 valence electrons. The molecule has 0 radical (unpaired) electrons. The van der Waals surface area contributed by atoms with Crippen molar-refractivity contribution in [1.82, 2.24) is 14.8 Å². The minimum Gasteiger partial charge on any atom is -0.497 e. The van der Waals surface area contributed by atoms with Crippen LogP contribution in [0.3, 0.4) is 0 Å². The second-order valence-corrected chi connectivity index (χ2v) is 5.80. The largest absolute Gasteiger partial charge is 0.497 e. The fraction of sp³-hybridized carbons (Fsp3) is 0.211. The Bertz CT molecular complexity index is 950. The summed E-state index contributed by atoms with van der Waals surface area (Å²) in [5.41, 5.74) is 14.8. The highest BCUT2D eigenvalue weighted by atomic mass is 16.5. The molecule has 0 bridgehead atoms. The van der Waals surface area contributed by atoms with Gasteiger partial charge in [-0.25, -0.2) is 4.79 Å². The third kappa shape index (κ3) is 3.69. The van der Waals surface area contributed by atoms with Gasteiger partial charge in [0.25, 0.3) is 0 Å². The van der Waals surface area contributed by atoms with Crippen molar-refractivity contribution >= 4 is 17.5 Å². The van der Waals surface area contributed by atoms with Crippen molar-refractivity contribution < 1.29 is 14.3 Å². The lowest BCUT2D eigenvalue weighted by molar-refractivity contribution is 0.0528. The SMILES string of the molecule is CCOC(=O)c1c(N)nn(Cc2ccc(OC)cc2)c1-c1ccncc1N. The Labute approximate surface area is 156 Å². The molecule has 0 saturated carbocycles. The van der Waals surface area contributed by atoms with Crippen molar-refractivity contribution in [3.05, 3.63) is 53.9 Å². The van der Waals surface area contributed by atoms with E-state index in [1.165, 1.54) is 6.20 Å². The van der Waals surface area contributed by atoms with Gasteiger partial charge in [0.1, 0.15) is 11.3 Å². The molecule has 0 aliphatic carbocycles. The molecule has 0 spiro atoms. The van der Waals surface area contributed by atoms with E-state index in [1.54, 1.807) is 31.0 Å². The van der Waals surface area contributed by atoms with E-state index in [0.717, 1.165) is 11.3 Å². The van der Waals surface area contributed by atoms with Crippen LogP contribution in [0.25, 0.3) is 11.3 Å². The Morgan fingerprint density at radius 2 is 1.93 bits per heavy atom. The first-order valence-electron chi connectivity index (χ1n) is 8.41. The molecule has 4 N–H and O–H groups in total. The zero-order valence-electron chi connectivity index (χ0n) is 15.2. The van der Waals surface area contributed by atoms with E-state index < -0.39 is 5.97 Å². The molecule has 8 nitrogen and oxygen atoms in total. The number of esters is 1. The predicted octanol–water partition coefficient (Wildman–Crippen LogP) is 2.34. The number of aromatic nitrogens is 3. The topological polar surface area (TPSA) is 118 Å². The first kappa shape index (κ1) is 18.2. The van der Waals surface area contributed by atoms with Gasteiger partial charge in [0.15, 0.2) is 5.82 Å². The van der Waals surface area contributed by atoms with Crippen LogP contribution in [0.2, 0.25) is 0 Å². The number of hydrogen-bond donors (Lipinski definition) is 2. The van der Waals surface area contributed by atoms with Crippen LogP contribution in [0.5, 0.6) is 5.75 Å². The molecule has 2 aromatic heterocycles. The third-order valence-electron chi connectivity index (χ3n) is 4.06. The number of benzene rings is 1. The molecule has 0 fully saturated rings. The lowest BCUT2D eigenvalue weighted by Gasteiger charge is -2.12. The number of methoxy groups -OCH3 is 1. The molecule has 3 aromatic rings. The summed E-state index contributed by atoms with van der Waals surface area (Å²) in [5, 5.41) is 4.36. The lowest BCUT2D eigenvalue weighted by Crippen LogP contribution is -2.10. The number of hydrogen-bond acceptors (Lipinski definition) is 7. The van der Waals surface area contributed by atoms with Crippen molar-refractivity contribution in [3.63, 3.8) is 0 Å². The van der Waals surface area contributed by atoms with Crippen molar-refractivity contribution in [2.45, 2.75) is 13.5 Å². The molecule has 3 rings (SSSR count). The van der Waals surface area contributed by atoms with Gasteiger partial charge in [0, 0.05) is 11.8 Å². The Hall–Kier alpha value is -3.55. The summed E-state index contributed by atoms with van der Waals surface area (Å²) in [6.07, 6.45) is 3.12. The van der Waals surface area contributed by atoms with Gasteiger partial charge >= 0.3 is 5.97 Å². The molecule has 0 aliphatic rings. The Morgan fingerprint density at radius 3 is 2.56 bits per heavy atom. The van der Waals surface area contributed by atoms with Gasteiger partial charge in [-0.2, -0.15) is 5.10 Å². The molecular weight excluding hydrogens is 346 g/mol. The highest BCUT2D eigenvalue weighted by Gasteiger charge is 2.26. The van der Waals surface area contributed by atoms with Gasteiger partial charge in [0.2, 0.25) is 0 Å². The number of carbonyl (C=O) groups is 1. The summed E-state index contributed by atoms with van der Waals surface area (Å²) in [5.74, 6) is 0.305. The van der Waals surface area contributed by atoms with Crippen LogP contribution in [0.1, 0.15) is 22.8 Å². The van der Waals surface area contributed by atoms with E-state index in [2.05, 4.69) is 10.1 Å². The zero-order valence-corrected chi connectivity index (χ0v) is 15.2. The van der Waals surface area contributed by atoms with Crippen LogP contribution in [-0.2, 0) is 11.3 Å². The maximum Gasteiger partial charge on any atom is 0.344 e. The number of nitrogens with zero attached hydrogens (tertiary/aromatic N) is 3. The van der Waals surface area contributed by atoms with Crippen LogP contribution in [0.15, 0.2) is 42.7 Å². The molecule has 0 saturated heterocycles. The summed E-state index contributed by atoms with van der Waals surface area (Å²) in [6, 6.07) is 9.27. The minimum absolute atomic E-state index is 0.0909. The standard InChI is InChI=1S/C19H21N5O3/c1-3-27-19(25)16-17(14-8-9-22-10-15(14)20)24(23-18(16)21)11-12-4-6-13(26-2)7-5-12/h4-10H,3,11,20H2,1-2H3,(H2,21,23). The second-order valence-electron chi connectivity index (χ2n) is 5.80. The first-order valence-corrected chi connectivity index (χ1v) is 8.41. The van der Waals surface area contributed by atoms with Crippen LogP contribution >= 0.6 is 0 Å². The summed E-state index contributed by atoms with van der Waals surface area (Å²) >= 11 is 0. The molecule has 0 amide bonds. The summed E-state index contributed by atoms with van der Waals surface area (Å²) in [4.78, 5) is 16.5. The molecule has 2 heterocycles. The smallest absolute Gasteiger partial charge is 0.344 e. The van der Waals surface area contributed by atoms with E-state index in [-0.39, 0.29) is 18.0 Å². The van der Waals surface area contributed by atoms with Gasteiger partial charge in [-0.15, -0.1) is 0 Å².